The van der Waals surface area contributed by atoms with E-state index in [0.29, 0.717) is 36.3 Å². The van der Waals surface area contributed by atoms with Crippen LogP contribution in [0.1, 0.15) is 13.8 Å². The van der Waals surface area contributed by atoms with Gasteiger partial charge in [-0.05, 0) is 54.0 Å². The zero-order valence-corrected chi connectivity index (χ0v) is 21.5. The van der Waals surface area contributed by atoms with Crippen molar-refractivity contribution in [1.82, 2.24) is 5.32 Å². The molecule has 34 heavy (non-hydrogen) atoms. The lowest BCUT2D eigenvalue weighted by Crippen LogP contribution is -2.44. The van der Waals surface area contributed by atoms with Gasteiger partial charge in [0.2, 0.25) is 0 Å². The molecule has 5 atom stereocenters. The van der Waals surface area contributed by atoms with Crippen molar-refractivity contribution in [1.29, 1.82) is 0 Å². The third-order valence-corrected chi connectivity index (χ3v) is 7.28. The number of anilines is 1. The molecule has 0 radical (unpaired) electrons. The number of halogens is 2. The minimum absolute atomic E-state index is 0.0636. The summed E-state index contributed by atoms with van der Waals surface area (Å²) < 4.78 is 30.5. The molecule has 0 saturated carbocycles. The molecule has 2 N–H and O–H groups in total. The fourth-order valence-corrected chi connectivity index (χ4v) is 4.93. The van der Waals surface area contributed by atoms with E-state index in [9.17, 15) is 0 Å². The molecule has 5 rings (SSSR count). The summed E-state index contributed by atoms with van der Waals surface area (Å²) in [7, 11) is 1.62. The molecule has 0 aromatic heterocycles. The molecule has 182 valence electrons. The maximum absolute atomic E-state index is 6.36. The predicted octanol–water partition coefficient (Wildman–Crippen LogP) is 2.81. The zero-order chi connectivity index (χ0) is 23.8. The van der Waals surface area contributed by atoms with Crippen LogP contribution in [0.5, 0.6) is 11.5 Å². The third kappa shape index (κ3) is 4.59. The Morgan fingerprint density at radius 1 is 1.15 bits per heavy atom. The smallest absolute Gasteiger partial charge is 0.164 e. The van der Waals surface area contributed by atoms with Crippen LogP contribution in [0.15, 0.2) is 39.8 Å². The first-order valence-corrected chi connectivity index (χ1v) is 12.4. The maximum Gasteiger partial charge on any atom is 0.164 e. The molecule has 2 aromatic carbocycles. The fraction of sp³-hybridized carbons (Fsp3) is 0.458. The monoisotopic (exact) mass is 551 g/mol. The summed E-state index contributed by atoms with van der Waals surface area (Å²) in [5, 5.41) is 9.08. The molecule has 0 amide bonds. The molecule has 0 spiro atoms. The van der Waals surface area contributed by atoms with E-state index in [1.165, 1.54) is 0 Å². The lowest BCUT2D eigenvalue weighted by atomic mass is 10.1. The minimum Gasteiger partial charge on any atom is -0.493 e. The number of benzene rings is 2. The Morgan fingerprint density at radius 2 is 1.91 bits per heavy atom. The summed E-state index contributed by atoms with van der Waals surface area (Å²) in [6.45, 7) is 5.51. The number of nitrogens with zero attached hydrogens (tertiary/aromatic N) is 1. The van der Waals surface area contributed by atoms with Crippen LogP contribution in [0.25, 0.3) is 5.82 Å². The first-order chi connectivity index (χ1) is 16.5. The summed E-state index contributed by atoms with van der Waals surface area (Å²) in [6, 6.07) is 9.53. The molecule has 2 fully saturated rings. The van der Waals surface area contributed by atoms with Crippen LogP contribution in [0, 0.1) is 0 Å². The number of rotatable bonds is 7. The topological polar surface area (TPSA) is 82.6 Å². The van der Waals surface area contributed by atoms with Crippen molar-refractivity contribution in [3.8, 4) is 11.5 Å². The van der Waals surface area contributed by atoms with E-state index in [4.69, 9.17) is 40.3 Å². The number of ether oxygens (including phenoxy) is 5. The van der Waals surface area contributed by atoms with Gasteiger partial charge in [-0.15, -0.1) is 0 Å². The van der Waals surface area contributed by atoms with Gasteiger partial charge in [0.1, 0.15) is 30.3 Å². The van der Waals surface area contributed by atoms with Crippen molar-refractivity contribution >= 4 is 39.0 Å². The van der Waals surface area contributed by atoms with Gasteiger partial charge in [-0.25, -0.2) is 0 Å². The van der Waals surface area contributed by atoms with Crippen LogP contribution in [0.3, 0.4) is 0 Å². The van der Waals surface area contributed by atoms with Crippen LogP contribution < -0.4 is 30.7 Å². The van der Waals surface area contributed by atoms with Gasteiger partial charge >= 0.3 is 0 Å². The third-order valence-electron chi connectivity index (χ3n) is 6.05. The first kappa shape index (κ1) is 23.7. The SMILES string of the molecule is CCO[C@H]1CO[C@H]2[C@@H]1OC[C@@H]2Oc1cc2c(cc1OC)=C(Nc1ccc(Br)c(Cl)c1)N[C@H](C)N=2. The van der Waals surface area contributed by atoms with Gasteiger partial charge in [-0.3, -0.25) is 4.99 Å². The lowest BCUT2D eigenvalue weighted by molar-refractivity contribution is -0.0310. The van der Waals surface area contributed by atoms with Gasteiger partial charge in [0.15, 0.2) is 17.6 Å². The maximum atomic E-state index is 6.36. The Bertz CT molecular complexity index is 1200. The quantitative estimate of drug-likeness (QED) is 0.547. The van der Waals surface area contributed by atoms with Crippen LogP contribution in [0.2, 0.25) is 5.02 Å². The molecule has 3 aliphatic heterocycles. The zero-order valence-electron chi connectivity index (χ0n) is 19.1. The summed E-state index contributed by atoms with van der Waals surface area (Å²) in [5.74, 6) is 2.01. The highest BCUT2D eigenvalue weighted by Gasteiger charge is 2.49. The van der Waals surface area contributed by atoms with Gasteiger partial charge in [-0.1, -0.05) is 11.6 Å². The highest BCUT2D eigenvalue weighted by atomic mass is 79.9. The number of methoxy groups -OCH3 is 1. The van der Waals surface area contributed by atoms with E-state index in [2.05, 4.69) is 26.6 Å². The lowest BCUT2D eigenvalue weighted by Gasteiger charge is -2.23. The molecular formula is C24H27BrClN3O5. The second kappa shape index (κ2) is 9.91. The molecule has 0 unspecified atom stereocenters. The van der Waals surface area contributed by atoms with E-state index < -0.39 is 0 Å². The van der Waals surface area contributed by atoms with E-state index in [-0.39, 0.29) is 30.6 Å². The van der Waals surface area contributed by atoms with Gasteiger partial charge in [0, 0.05) is 28.1 Å². The molecule has 2 aromatic rings. The molecule has 8 nitrogen and oxygen atoms in total. The molecule has 2 saturated heterocycles. The summed E-state index contributed by atoms with van der Waals surface area (Å²) in [4.78, 5) is 4.76. The van der Waals surface area contributed by atoms with Crippen molar-refractivity contribution < 1.29 is 23.7 Å². The number of hydrogen-bond donors (Lipinski definition) is 2. The second-order valence-electron chi connectivity index (χ2n) is 8.34. The fourth-order valence-electron chi connectivity index (χ4n) is 4.51. The van der Waals surface area contributed by atoms with Crippen molar-refractivity contribution in [3.63, 3.8) is 0 Å². The van der Waals surface area contributed by atoms with Gasteiger partial charge < -0.3 is 34.3 Å². The number of nitrogens with one attached hydrogen (secondary N) is 2. The minimum atomic E-state index is -0.256. The highest BCUT2D eigenvalue weighted by molar-refractivity contribution is 9.10. The number of fused-ring (bicyclic) bond motifs is 2. The molecule has 3 heterocycles. The molecular weight excluding hydrogens is 526 g/mol. The standard InChI is InChI=1S/C24H27BrClN3O5/c1-4-31-20-10-32-23-21(11-33-22(20)23)34-19-9-17-14(8-18(19)30-3)24(28-12(2)27-17)29-13-5-6-15(25)16(26)7-13/h5-9,12,20-23,28-29H,4,10-11H2,1-3H3/t12-,20+,21+,22-,23-/m1/s1. The molecule has 10 heteroatoms. The van der Waals surface area contributed by atoms with E-state index >= 15 is 0 Å². The highest BCUT2D eigenvalue weighted by Crippen LogP contribution is 2.34. The van der Waals surface area contributed by atoms with Crippen molar-refractivity contribution in [2.45, 2.75) is 44.4 Å². The molecule has 3 aliphatic rings. The Kier molecular flexibility index (Phi) is 6.90. The molecule has 0 aliphatic carbocycles. The second-order valence-corrected chi connectivity index (χ2v) is 9.61. The van der Waals surface area contributed by atoms with Gasteiger partial charge in [-0.2, -0.15) is 0 Å². The van der Waals surface area contributed by atoms with E-state index in [1.54, 1.807) is 7.11 Å². The van der Waals surface area contributed by atoms with Crippen LogP contribution in [0.4, 0.5) is 5.69 Å². The van der Waals surface area contributed by atoms with Crippen molar-refractivity contribution in [2.75, 3.05) is 32.2 Å². The average molecular weight is 553 g/mol. The van der Waals surface area contributed by atoms with Gasteiger partial charge in [0.05, 0.1) is 30.7 Å². The number of hydrogen-bond acceptors (Lipinski definition) is 8. The van der Waals surface area contributed by atoms with E-state index in [0.717, 1.165) is 26.6 Å². The summed E-state index contributed by atoms with van der Waals surface area (Å²) >= 11 is 9.70. The largest absolute Gasteiger partial charge is 0.493 e. The van der Waals surface area contributed by atoms with Crippen LogP contribution >= 0.6 is 27.5 Å². The van der Waals surface area contributed by atoms with Crippen LogP contribution in [-0.4, -0.2) is 57.5 Å². The normalized spacial score (nSPS) is 27.4. The molecule has 0 bridgehead atoms. The first-order valence-electron chi connectivity index (χ1n) is 11.3. The van der Waals surface area contributed by atoms with Gasteiger partial charge in [0.25, 0.3) is 0 Å². The van der Waals surface area contributed by atoms with Crippen LogP contribution in [-0.2, 0) is 14.2 Å². The van der Waals surface area contributed by atoms with Crippen molar-refractivity contribution in [3.05, 3.63) is 50.4 Å². The van der Waals surface area contributed by atoms with E-state index in [1.807, 2.05) is 44.2 Å². The average Bonchev–Trinajstić information content (AvgIpc) is 3.39. The Labute approximate surface area is 211 Å². The Balaban J connectivity index is 1.45. The summed E-state index contributed by atoms with van der Waals surface area (Å²) in [5.41, 5.74) is 0.853. The summed E-state index contributed by atoms with van der Waals surface area (Å²) in [6.07, 6.45) is -0.754. The Morgan fingerprint density at radius 3 is 2.65 bits per heavy atom. The Hall–Kier alpha value is -2.04. The van der Waals surface area contributed by atoms with Crippen molar-refractivity contribution in [2.24, 2.45) is 4.99 Å². The predicted molar refractivity (Wildman–Crippen MR) is 132 cm³/mol.